The molecule has 0 radical (unpaired) electrons. The van der Waals surface area contributed by atoms with E-state index < -0.39 is 6.29 Å². The molecule has 8 heteroatoms. The van der Waals surface area contributed by atoms with Crippen LogP contribution in [0.1, 0.15) is 12.0 Å². The van der Waals surface area contributed by atoms with Crippen molar-refractivity contribution in [1.82, 2.24) is 10.3 Å². The van der Waals surface area contributed by atoms with Crippen LogP contribution >= 0.6 is 0 Å². The second kappa shape index (κ2) is 7.47. The molecular weight excluding hydrogens is 368 g/mol. The van der Waals surface area contributed by atoms with E-state index in [4.69, 9.17) is 0 Å². The minimum atomic E-state index is -3.61. The summed E-state index contributed by atoms with van der Waals surface area (Å²) in [6.07, 6.45) is -2.84. The van der Waals surface area contributed by atoms with Gasteiger partial charge in [0.25, 0.3) is 0 Å². The third-order valence-corrected chi connectivity index (χ3v) is 4.41. The van der Waals surface area contributed by atoms with Gasteiger partial charge in [-0.15, -0.1) is 8.78 Å². The van der Waals surface area contributed by atoms with Crippen LogP contribution in [0.3, 0.4) is 0 Å². The summed E-state index contributed by atoms with van der Waals surface area (Å²) < 4.78 is 35.4. The summed E-state index contributed by atoms with van der Waals surface area (Å²) >= 11 is 0. The molecule has 6 nitrogen and oxygen atoms in total. The number of hydrogen-bond acceptors (Lipinski definition) is 5. The molecule has 0 bridgehead atoms. The number of H-pyrrole nitrogens is 1. The van der Waals surface area contributed by atoms with E-state index in [1.807, 2.05) is 18.2 Å². The monoisotopic (exact) mass is 387 g/mol. The van der Waals surface area contributed by atoms with Crippen molar-refractivity contribution >= 4 is 16.7 Å². The van der Waals surface area contributed by atoms with Gasteiger partial charge >= 0.3 is 6.29 Å². The number of ether oxygens (including phenoxy) is 2. The van der Waals surface area contributed by atoms with E-state index in [1.165, 1.54) is 6.07 Å². The fourth-order valence-electron chi connectivity index (χ4n) is 3.12. The molecule has 0 fully saturated rings. The number of pyridine rings is 1. The van der Waals surface area contributed by atoms with Crippen molar-refractivity contribution in [2.45, 2.75) is 19.3 Å². The second-order valence-corrected chi connectivity index (χ2v) is 6.46. The number of alkyl halides is 2. The minimum Gasteiger partial charge on any atom is -0.395 e. The molecule has 0 amide bonds. The molecule has 2 heterocycles. The number of anilines is 1. The SMILES string of the molecule is O=c1cc(NCCCNCc2cccc3c2OC(F)(F)O3)[nH]c2ccccc12. The first kappa shape index (κ1) is 18.2. The van der Waals surface area contributed by atoms with E-state index in [2.05, 4.69) is 25.1 Å². The smallest absolute Gasteiger partial charge is 0.395 e. The predicted molar refractivity (Wildman–Crippen MR) is 102 cm³/mol. The van der Waals surface area contributed by atoms with E-state index >= 15 is 0 Å². The van der Waals surface area contributed by atoms with Gasteiger partial charge in [-0.2, -0.15) is 0 Å². The lowest BCUT2D eigenvalue weighted by atomic mass is 10.2. The number of nitrogens with one attached hydrogen (secondary N) is 3. The Bertz CT molecular complexity index is 1050. The first-order valence-electron chi connectivity index (χ1n) is 8.96. The summed E-state index contributed by atoms with van der Waals surface area (Å²) in [4.78, 5) is 15.3. The fraction of sp³-hybridized carbons (Fsp3) is 0.250. The van der Waals surface area contributed by atoms with Crippen molar-refractivity contribution in [3.05, 3.63) is 64.3 Å². The van der Waals surface area contributed by atoms with Gasteiger partial charge in [0.15, 0.2) is 16.9 Å². The molecule has 146 valence electrons. The van der Waals surface area contributed by atoms with Crippen molar-refractivity contribution in [2.24, 2.45) is 0 Å². The number of rotatable bonds is 7. The molecule has 0 atom stereocenters. The number of para-hydroxylation sites is 2. The van der Waals surface area contributed by atoms with E-state index in [1.54, 1.807) is 24.3 Å². The Labute approximate surface area is 159 Å². The number of benzene rings is 2. The second-order valence-electron chi connectivity index (χ2n) is 6.46. The minimum absolute atomic E-state index is 0.0353. The first-order chi connectivity index (χ1) is 13.5. The zero-order valence-electron chi connectivity index (χ0n) is 14.9. The number of fused-ring (bicyclic) bond motifs is 2. The summed E-state index contributed by atoms with van der Waals surface area (Å²) in [5, 5.41) is 7.04. The molecule has 0 saturated heterocycles. The molecular formula is C20H19F2N3O3. The molecule has 1 aliphatic rings. The van der Waals surface area contributed by atoms with Crippen LogP contribution in [0, 0.1) is 0 Å². The Morgan fingerprint density at radius 1 is 1.04 bits per heavy atom. The molecule has 4 rings (SSSR count). The van der Waals surface area contributed by atoms with Crippen molar-refractivity contribution in [2.75, 3.05) is 18.4 Å². The van der Waals surface area contributed by atoms with E-state index in [0.717, 1.165) is 11.9 Å². The highest BCUT2D eigenvalue weighted by Crippen LogP contribution is 2.43. The van der Waals surface area contributed by atoms with E-state index in [-0.39, 0.29) is 16.9 Å². The van der Waals surface area contributed by atoms with Gasteiger partial charge in [0.05, 0.1) is 5.52 Å². The Hall–Kier alpha value is -3.13. The van der Waals surface area contributed by atoms with Crippen LogP contribution in [-0.2, 0) is 6.54 Å². The summed E-state index contributed by atoms with van der Waals surface area (Å²) in [5.74, 6) is 0.787. The average Bonchev–Trinajstić information content (AvgIpc) is 2.99. The van der Waals surface area contributed by atoms with Gasteiger partial charge in [0.1, 0.15) is 5.82 Å². The van der Waals surface area contributed by atoms with Crippen LogP contribution in [0.25, 0.3) is 10.9 Å². The molecule has 1 aliphatic heterocycles. The van der Waals surface area contributed by atoms with Crippen LogP contribution < -0.4 is 25.5 Å². The van der Waals surface area contributed by atoms with Crippen molar-refractivity contribution < 1.29 is 18.3 Å². The highest BCUT2D eigenvalue weighted by molar-refractivity contribution is 5.79. The van der Waals surface area contributed by atoms with Gasteiger partial charge in [-0.3, -0.25) is 4.79 Å². The predicted octanol–water partition coefficient (Wildman–Crippen LogP) is 3.44. The van der Waals surface area contributed by atoms with Gasteiger partial charge in [0.2, 0.25) is 0 Å². The van der Waals surface area contributed by atoms with Gasteiger partial charge in [-0.05, 0) is 31.2 Å². The van der Waals surface area contributed by atoms with Crippen LogP contribution in [0.5, 0.6) is 11.5 Å². The Morgan fingerprint density at radius 3 is 2.79 bits per heavy atom. The summed E-state index contributed by atoms with van der Waals surface area (Å²) in [5.41, 5.74) is 1.36. The fourth-order valence-corrected chi connectivity index (χ4v) is 3.12. The van der Waals surface area contributed by atoms with Crippen LogP contribution in [0.4, 0.5) is 14.6 Å². The highest BCUT2D eigenvalue weighted by atomic mass is 19.3. The Balaban J connectivity index is 1.26. The van der Waals surface area contributed by atoms with Crippen molar-refractivity contribution in [1.29, 1.82) is 0 Å². The lowest BCUT2D eigenvalue weighted by molar-refractivity contribution is -0.286. The summed E-state index contributed by atoms with van der Waals surface area (Å²) in [6.45, 7) is 1.69. The van der Waals surface area contributed by atoms with Gasteiger partial charge in [0, 0.05) is 30.1 Å². The third-order valence-electron chi connectivity index (χ3n) is 4.41. The van der Waals surface area contributed by atoms with Gasteiger partial charge < -0.3 is 25.1 Å². The molecule has 0 unspecified atom stereocenters. The maximum absolute atomic E-state index is 13.2. The van der Waals surface area contributed by atoms with Crippen LogP contribution in [-0.4, -0.2) is 24.4 Å². The maximum Gasteiger partial charge on any atom is 0.586 e. The summed E-state index contributed by atoms with van der Waals surface area (Å²) in [6, 6.07) is 13.7. The quantitative estimate of drug-likeness (QED) is 0.542. The maximum atomic E-state index is 13.2. The largest absolute Gasteiger partial charge is 0.586 e. The molecule has 0 aliphatic carbocycles. The first-order valence-corrected chi connectivity index (χ1v) is 8.96. The molecule has 2 aromatic carbocycles. The van der Waals surface area contributed by atoms with E-state index in [9.17, 15) is 13.6 Å². The lowest BCUT2D eigenvalue weighted by Crippen LogP contribution is -2.26. The van der Waals surface area contributed by atoms with Crippen LogP contribution in [0.15, 0.2) is 53.3 Å². The molecule has 1 aromatic heterocycles. The topological polar surface area (TPSA) is 75.4 Å². The zero-order valence-corrected chi connectivity index (χ0v) is 14.9. The number of aromatic amines is 1. The zero-order chi connectivity index (χ0) is 19.6. The highest BCUT2D eigenvalue weighted by Gasteiger charge is 2.44. The molecule has 28 heavy (non-hydrogen) atoms. The summed E-state index contributed by atoms with van der Waals surface area (Å²) in [7, 11) is 0. The van der Waals surface area contributed by atoms with Gasteiger partial charge in [-0.1, -0.05) is 24.3 Å². The van der Waals surface area contributed by atoms with Gasteiger partial charge in [-0.25, -0.2) is 0 Å². The van der Waals surface area contributed by atoms with Crippen molar-refractivity contribution in [3.63, 3.8) is 0 Å². The normalized spacial score (nSPS) is 14.4. The van der Waals surface area contributed by atoms with E-state index in [0.29, 0.717) is 36.4 Å². The molecule has 0 saturated carbocycles. The molecule has 3 aromatic rings. The molecule has 3 N–H and O–H groups in total. The van der Waals surface area contributed by atoms with Crippen LogP contribution in [0.2, 0.25) is 0 Å². The average molecular weight is 387 g/mol. The third kappa shape index (κ3) is 3.91. The lowest BCUT2D eigenvalue weighted by Gasteiger charge is -2.10. The number of hydrogen-bond donors (Lipinski definition) is 3. The van der Waals surface area contributed by atoms with Crippen molar-refractivity contribution in [3.8, 4) is 11.5 Å². The standard InChI is InChI=1S/C20H19F2N3O3/c21-20(22)27-17-8-3-5-13(19(17)28-20)12-23-9-4-10-24-18-11-16(26)14-6-1-2-7-15(14)25-18/h1-3,5-8,11,23H,4,9-10,12H2,(H2,24,25,26). The number of aromatic nitrogens is 1. The Morgan fingerprint density at radius 2 is 1.89 bits per heavy atom. The molecule has 0 spiro atoms. The number of halogens is 2. The Kier molecular flexibility index (Phi) is 4.87.